The van der Waals surface area contributed by atoms with Crippen LogP contribution in [0.15, 0.2) is 24.3 Å². The Morgan fingerprint density at radius 3 is 2.42 bits per heavy atom. The lowest BCUT2D eigenvalue weighted by molar-refractivity contribution is -0.188. The summed E-state index contributed by atoms with van der Waals surface area (Å²) in [7, 11) is 0. The van der Waals surface area contributed by atoms with E-state index >= 15 is 0 Å². The minimum atomic E-state index is -4.70. The molecule has 26 heavy (non-hydrogen) atoms. The summed E-state index contributed by atoms with van der Waals surface area (Å²) >= 11 is 5.87. The second-order valence-electron chi connectivity index (χ2n) is 6.58. The predicted molar refractivity (Wildman–Crippen MR) is 88.0 cm³/mol. The standard InChI is InChI=1S/C17H19ClF3NO4/c1-9(2)14(26-11-5-3-4-10(18)6-11)15(23)22-7-12(16(24)25)13(8-22)17(19,20)21/h3-6,9,12-14H,7-8H2,1-2H3,(H,24,25)/t12-,13-,14?/m1/s1. The quantitative estimate of drug-likeness (QED) is 0.831. The number of nitrogens with zero attached hydrogens (tertiary/aromatic N) is 1. The van der Waals surface area contributed by atoms with Crippen LogP contribution < -0.4 is 4.74 Å². The molecule has 1 N–H and O–H groups in total. The summed E-state index contributed by atoms with van der Waals surface area (Å²) in [6, 6.07) is 6.31. The van der Waals surface area contributed by atoms with Crippen molar-refractivity contribution in [1.29, 1.82) is 0 Å². The minimum Gasteiger partial charge on any atom is -0.481 e. The SMILES string of the molecule is CC(C)C(Oc1cccc(Cl)c1)C(=O)N1C[C@@H](C(F)(F)F)[C@H](C(=O)O)C1. The number of likely N-dealkylation sites (tertiary alicyclic amines) is 1. The number of carboxylic acids is 1. The molecule has 1 aliphatic heterocycles. The molecule has 0 bridgehead atoms. The molecule has 1 amide bonds. The zero-order valence-corrected chi connectivity index (χ0v) is 14.9. The molecule has 1 aromatic rings. The monoisotopic (exact) mass is 393 g/mol. The van der Waals surface area contributed by atoms with E-state index in [4.69, 9.17) is 21.4 Å². The Balaban J connectivity index is 2.20. The number of ether oxygens (including phenoxy) is 1. The Labute approximate surface area is 153 Å². The van der Waals surface area contributed by atoms with Crippen molar-refractivity contribution >= 4 is 23.5 Å². The van der Waals surface area contributed by atoms with Gasteiger partial charge in [0.1, 0.15) is 5.75 Å². The Kier molecular flexibility index (Phi) is 6.05. The molecule has 5 nitrogen and oxygen atoms in total. The molecule has 1 heterocycles. The molecule has 3 atom stereocenters. The number of carbonyl (C=O) groups is 2. The number of hydrogen-bond donors (Lipinski definition) is 1. The van der Waals surface area contributed by atoms with Crippen molar-refractivity contribution in [3.05, 3.63) is 29.3 Å². The van der Waals surface area contributed by atoms with Gasteiger partial charge >= 0.3 is 12.1 Å². The van der Waals surface area contributed by atoms with E-state index in [-0.39, 0.29) is 5.92 Å². The van der Waals surface area contributed by atoms with Gasteiger partial charge in [0.2, 0.25) is 0 Å². The fraction of sp³-hybridized carbons (Fsp3) is 0.529. The van der Waals surface area contributed by atoms with Crippen molar-refractivity contribution < 1.29 is 32.6 Å². The number of benzene rings is 1. The molecular weight excluding hydrogens is 375 g/mol. The van der Waals surface area contributed by atoms with Gasteiger partial charge in [-0.1, -0.05) is 31.5 Å². The summed E-state index contributed by atoms with van der Waals surface area (Å²) in [6.45, 7) is 2.19. The molecule has 0 aromatic heterocycles. The van der Waals surface area contributed by atoms with E-state index in [1.807, 2.05) is 0 Å². The van der Waals surface area contributed by atoms with Gasteiger partial charge in [-0.2, -0.15) is 13.2 Å². The summed E-state index contributed by atoms with van der Waals surface area (Å²) in [5.74, 6) is -6.04. The molecule has 2 rings (SSSR count). The maximum Gasteiger partial charge on any atom is 0.394 e. The molecule has 1 unspecified atom stereocenters. The number of aliphatic carboxylic acids is 1. The Bertz CT molecular complexity index is 680. The van der Waals surface area contributed by atoms with E-state index in [9.17, 15) is 22.8 Å². The normalized spacial score (nSPS) is 21.7. The highest BCUT2D eigenvalue weighted by Gasteiger charge is 2.54. The smallest absolute Gasteiger partial charge is 0.394 e. The van der Waals surface area contributed by atoms with Gasteiger partial charge in [0.05, 0.1) is 11.8 Å². The van der Waals surface area contributed by atoms with E-state index < -0.39 is 49.1 Å². The van der Waals surface area contributed by atoms with Crippen LogP contribution in [-0.2, 0) is 9.59 Å². The number of carbonyl (C=O) groups excluding carboxylic acids is 1. The van der Waals surface area contributed by atoms with E-state index in [0.29, 0.717) is 10.8 Å². The maximum atomic E-state index is 13.1. The van der Waals surface area contributed by atoms with Crippen LogP contribution >= 0.6 is 11.6 Å². The number of rotatable bonds is 5. The van der Waals surface area contributed by atoms with Crippen molar-refractivity contribution in [1.82, 2.24) is 4.90 Å². The second-order valence-corrected chi connectivity index (χ2v) is 7.01. The average molecular weight is 394 g/mol. The molecular formula is C17H19ClF3NO4. The summed E-state index contributed by atoms with van der Waals surface area (Å²) in [6.07, 6.45) is -5.74. The van der Waals surface area contributed by atoms with Gasteiger partial charge in [-0.05, 0) is 24.1 Å². The molecule has 1 fully saturated rings. The lowest BCUT2D eigenvalue weighted by Crippen LogP contribution is -2.44. The number of amides is 1. The van der Waals surface area contributed by atoms with Gasteiger partial charge < -0.3 is 14.7 Å². The van der Waals surface area contributed by atoms with Gasteiger partial charge in [0, 0.05) is 18.1 Å². The van der Waals surface area contributed by atoms with Crippen molar-refractivity contribution in [3.63, 3.8) is 0 Å². The first-order valence-corrected chi connectivity index (χ1v) is 8.39. The number of carboxylic acid groups (broad SMARTS) is 1. The van der Waals surface area contributed by atoms with Crippen molar-refractivity contribution in [2.45, 2.75) is 26.1 Å². The topological polar surface area (TPSA) is 66.8 Å². The van der Waals surface area contributed by atoms with Crippen LogP contribution in [0.4, 0.5) is 13.2 Å². The lowest BCUT2D eigenvalue weighted by atomic mass is 9.96. The molecule has 0 radical (unpaired) electrons. The van der Waals surface area contributed by atoms with E-state index in [0.717, 1.165) is 4.90 Å². The second kappa shape index (κ2) is 7.73. The zero-order valence-electron chi connectivity index (χ0n) is 14.2. The van der Waals surface area contributed by atoms with Crippen molar-refractivity contribution in [3.8, 4) is 5.75 Å². The third-order valence-electron chi connectivity index (χ3n) is 4.28. The molecule has 0 aliphatic carbocycles. The predicted octanol–water partition coefficient (Wildman–Crippen LogP) is 3.46. The summed E-state index contributed by atoms with van der Waals surface area (Å²) in [5.41, 5.74) is 0. The fourth-order valence-corrected chi connectivity index (χ4v) is 3.08. The lowest BCUT2D eigenvalue weighted by Gasteiger charge is -2.27. The Morgan fingerprint density at radius 2 is 1.96 bits per heavy atom. The van der Waals surface area contributed by atoms with Crippen LogP contribution in [0, 0.1) is 17.8 Å². The van der Waals surface area contributed by atoms with Gasteiger partial charge in [0.15, 0.2) is 6.10 Å². The van der Waals surface area contributed by atoms with Crippen LogP contribution in [0.25, 0.3) is 0 Å². The molecule has 0 saturated carbocycles. The average Bonchev–Trinajstić information content (AvgIpc) is 2.97. The highest BCUT2D eigenvalue weighted by atomic mass is 35.5. The van der Waals surface area contributed by atoms with Crippen LogP contribution in [0.3, 0.4) is 0 Å². The Morgan fingerprint density at radius 1 is 1.31 bits per heavy atom. The molecule has 0 spiro atoms. The minimum absolute atomic E-state index is 0.311. The first-order chi connectivity index (χ1) is 12.0. The highest BCUT2D eigenvalue weighted by molar-refractivity contribution is 6.30. The highest BCUT2D eigenvalue weighted by Crippen LogP contribution is 2.38. The number of alkyl halides is 3. The van der Waals surface area contributed by atoms with Crippen LogP contribution in [0.1, 0.15) is 13.8 Å². The molecule has 1 saturated heterocycles. The third kappa shape index (κ3) is 4.60. The summed E-state index contributed by atoms with van der Waals surface area (Å²) in [5, 5.41) is 9.47. The third-order valence-corrected chi connectivity index (χ3v) is 4.51. The Hall–Kier alpha value is -1.96. The zero-order chi connectivity index (χ0) is 19.6. The summed E-state index contributed by atoms with van der Waals surface area (Å²) in [4.78, 5) is 24.8. The fourth-order valence-electron chi connectivity index (χ4n) is 2.90. The van der Waals surface area contributed by atoms with Crippen molar-refractivity contribution in [2.24, 2.45) is 17.8 Å². The maximum absolute atomic E-state index is 13.1. The van der Waals surface area contributed by atoms with Crippen molar-refractivity contribution in [2.75, 3.05) is 13.1 Å². The van der Waals surface area contributed by atoms with Crippen LogP contribution in [0.2, 0.25) is 5.02 Å². The number of hydrogen-bond acceptors (Lipinski definition) is 3. The molecule has 1 aliphatic rings. The van der Waals surface area contributed by atoms with E-state index in [2.05, 4.69) is 0 Å². The van der Waals surface area contributed by atoms with Gasteiger partial charge in [-0.25, -0.2) is 0 Å². The first-order valence-electron chi connectivity index (χ1n) is 8.01. The molecule has 9 heteroatoms. The first kappa shape index (κ1) is 20.4. The van der Waals surface area contributed by atoms with Gasteiger partial charge in [0.25, 0.3) is 5.91 Å². The van der Waals surface area contributed by atoms with E-state index in [1.54, 1.807) is 32.0 Å². The number of halogens is 4. The molecule has 1 aromatic carbocycles. The largest absolute Gasteiger partial charge is 0.481 e. The van der Waals surface area contributed by atoms with Crippen LogP contribution in [0.5, 0.6) is 5.75 Å². The van der Waals surface area contributed by atoms with E-state index in [1.165, 1.54) is 6.07 Å². The van der Waals surface area contributed by atoms with Gasteiger partial charge in [-0.15, -0.1) is 0 Å². The molecule has 144 valence electrons. The van der Waals surface area contributed by atoms with Gasteiger partial charge in [-0.3, -0.25) is 9.59 Å². The summed E-state index contributed by atoms with van der Waals surface area (Å²) < 4.78 is 45.0. The van der Waals surface area contributed by atoms with Crippen LogP contribution in [-0.4, -0.2) is 47.3 Å².